The van der Waals surface area contributed by atoms with Gasteiger partial charge in [-0.2, -0.15) is 0 Å². The summed E-state index contributed by atoms with van der Waals surface area (Å²) in [6, 6.07) is 3.43. The second kappa shape index (κ2) is 5.54. The lowest BCUT2D eigenvalue weighted by molar-refractivity contribution is 0.0802. The van der Waals surface area contributed by atoms with Crippen molar-refractivity contribution in [2.24, 2.45) is 0 Å². The first kappa shape index (κ1) is 11.9. The molecule has 1 rings (SSSR count). The molecule has 13 heavy (non-hydrogen) atoms. The fourth-order valence-electron chi connectivity index (χ4n) is 0.858. The van der Waals surface area contributed by atoms with Gasteiger partial charge in [0.25, 0.3) is 5.91 Å². The zero-order valence-corrected chi connectivity index (χ0v) is 8.54. The van der Waals surface area contributed by atoms with Crippen LogP contribution in [0.5, 0.6) is 0 Å². The van der Waals surface area contributed by atoms with Crippen molar-refractivity contribution >= 4 is 18.3 Å². The van der Waals surface area contributed by atoms with E-state index in [0.717, 1.165) is 6.54 Å². The summed E-state index contributed by atoms with van der Waals surface area (Å²) in [6.45, 7) is 2.67. The Bertz CT molecular complexity index is 264. The predicted octanol–water partition coefficient (Wildman–Crippen LogP) is 1.60. The highest BCUT2D eigenvalue weighted by atomic mass is 35.5. The maximum atomic E-state index is 11.5. The number of rotatable bonds is 2. The number of amides is 1. The van der Waals surface area contributed by atoms with Gasteiger partial charge in [-0.3, -0.25) is 9.78 Å². The monoisotopic (exact) mass is 200 g/mol. The van der Waals surface area contributed by atoms with E-state index in [-0.39, 0.29) is 18.3 Å². The van der Waals surface area contributed by atoms with E-state index in [0.29, 0.717) is 5.56 Å². The molecule has 0 aliphatic carbocycles. The van der Waals surface area contributed by atoms with Crippen LogP contribution in [0.2, 0.25) is 0 Å². The van der Waals surface area contributed by atoms with Crippen LogP contribution in [0.3, 0.4) is 0 Å². The van der Waals surface area contributed by atoms with E-state index in [2.05, 4.69) is 4.98 Å². The summed E-state index contributed by atoms with van der Waals surface area (Å²) >= 11 is 0. The normalized spacial score (nSPS) is 8.77. The molecule has 0 radical (unpaired) electrons. The van der Waals surface area contributed by atoms with Crippen LogP contribution in [0, 0.1) is 0 Å². The molecule has 0 unspecified atom stereocenters. The highest BCUT2D eigenvalue weighted by molar-refractivity contribution is 5.93. The van der Waals surface area contributed by atoms with Crippen molar-refractivity contribution in [3.05, 3.63) is 30.1 Å². The Balaban J connectivity index is 0.00000144. The number of aromatic nitrogens is 1. The smallest absolute Gasteiger partial charge is 0.253 e. The highest BCUT2D eigenvalue weighted by Gasteiger charge is 2.07. The van der Waals surface area contributed by atoms with E-state index >= 15 is 0 Å². The zero-order chi connectivity index (χ0) is 8.97. The average Bonchev–Trinajstić information content (AvgIpc) is 2.17. The quantitative estimate of drug-likeness (QED) is 0.727. The lowest BCUT2D eigenvalue weighted by Crippen LogP contribution is -2.26. The molecule has 1 amide bonds. The van der Waals surface area contributed by atoms with Crippen LogP contribution >= 0.6 is 12.4 Å². The van der Waals surface area contributed by atoms with Crippen molar-refractivity contribution in [2.45, 2.75) is 6.92 Å². The number of carbonyl (C=O) groups excluding carboxylic acids is 1. The molecular formula is C9H13ClN2O. The summed E-state index contributed by atoms with van der Waals surface area (Å²) in [7, 11) is 1.78. The molecule has 0 saturated carbocycles. The van der Waals surface area contributed by atoms with Gasteiger partial charge in [-0.1, -0.05) is 0 Å². The molecule has 4 heteroatoms. The Morgan fingerprint density at radius 3 is 2.46 bits per heavy atom. The predicted molar refractivity (Wildman–Crippen MR) is 54.1 cm³/mol. The van der Waals surface area contributed by atoms with Crippen LogP contribution in [-0.2, 0) is 0 Å². The van der Waals surface area contributed by atoms with E-state index in [1.165, 1.54) is 0 Å². The van der Waals surface area contributed by atoms with E-state index < -0.39 is 0 Å². The molecule has 0 saturated heterocycles. The molecular weight excluding hydrogens is 188 g/mol. The molecule has 0 N–H and O–H groups in total. The Morgan fingerprint density at radius 1 is 1.46 bits per heavy atom. The van der Waals surface area contributed by atoms with Gasteiger partial charge >= 0.3 is 0 Å². The lowest BCUT2D eigenvalue weighted by Gasteiger charge is -2.13. The number of nitrogens with zero attached hydrogens (tertiary/aromatic N) is 2. The van der Waals surface area contributed by atoms with Gasteiger partial charge in [-0.25, -0.2) is 0 Å². The molecule has 1 heterocycles. The number of hydrogen-bond acceptors (Lipinski definition) is 2. The number of hydrogen-bond donors (Lipinski definition) is 0. The first-order chi connectivity index (χ1) is 5.75. The molecule has 0 atom stereocenters. The molecule has 72 valence electrons. The maximum absolute atomic E-state index is 11.5. The molecule has 0 fully saturated rings. The lowest BCUT2D eigenvalue weighted by atomic mass is 10.2. The number of carbonyl (C=O) groups is 1. The fraction of sp³-hybridized carbons (Fsp3) is 0.333. The summed E-state index contributed by atoms with van der Waals surface area (Å²) in [5.74, 6) is 0.0416. The topological polar surface area (TPSA) is 33.2 Å². The third-order valence-corrected chi connectivity index (χ3v) is 1.75. The first-order valence-electron chi connectivity index (χ1n) is 3.91. The van der Waals surface area contributed by atoms with Crippen molar-refractivity contribution in [1.29, 1.82) is 0 Å². The van der Waals surface area contributed by atoms with E-state index in [9.17, 15) is 4.79 Å². The highest BCUT2D eigenvalue weighted by Crippen LogP contribution is 2.00. The van der Waals surface area contributed by atoms with Crippen LogP contribution in [-0.4, -0.2) is 29.4 Å². The first-order valence-corrected chi connectivity index (χ1v) is 3.91. The fourth-order valence-corrected chi connectivity index (χ4v) is 0.858. The molecule has 1 aromatic heterocycles. The van der Waals surface area contributed by atoms with Gasteiger partial charge in [0.05, 0.1) is 0 Å². The van der Waals surface area contributed by atoms with Crippen LogP contribution in [0.25, 0.3) is 0 Å². The minimum absolute atomic E-state index is 0. The van der Waals surface area contributed by atoms with E-state index in [1.54, 1.807) is 36.5 Å². The summed E-state index contributed by atoms with van der Waals surface area (Å²) in [6.07, 6.45) is 3.24. The van der Waals surface area contributed by atoms with Gasteiger partial charge in [0.2, 0.25) is 0 Å². The van der Waals surface area contributed by atoms with E-state index in [1.807, 2.05) is 6.92 Å². The van der Waals surface area contributed by atoms with Gasteiger partial charge in [0.15, 0.2) is 0 Å². The summed E-state index contributed by atoms with van der Waals surface area (Å²) in [5.41, 5.74) is 0.689. The molecule has 3 nitrogen and oxygen atoms in total. The standard InChI is InChI=1S/C9H12N2O.ClH/c1-3-11(2)9(12)8-4-6-10-7-5-8;/h4-7H,3H2,1-2H3;1H. The van der Waals surface area contributed by atoms with Gasteiger partial charge in [-0.15, -0.1) is 12.4 Å². The SMILES string of the molecule is CCN(C)C(=O)c1ccncc1.Cl. The summed E-state index contributed by atoms with van der Waals surface area (Å²) < 4.78 is 0. The minimum atomic E-state index is 0. The third-order valence-electron chi connectivity index (χ3n) is 1.75. The second-order valence-electron chi connectivity index (χ2n) is 2.56. The van der Waals surface area contributed by atoms with Crippen molar-refractivity contribution < 1.29 is 4.79 Å². The molecule has 0 aliphatic heterocycles. The Labute approximate surface area is 84.2 Å². The van der Waals surface area contributed by atoms with Crippen LogP contribution < -0.4 is 0 Å². The molecule has 0 bridgehead atoms. The molecule has 0 aliphatic rings. The van der Waals surface area contributed by atoms with Crippen molar-refractivity contribution in [2.75, 3.05) is 13.6 Å². The van der Waals surface area contributed by atoms with Crippen molar-refractivity contribution in [3.63, 3.8) is 0 Å². The summed E-state index contributed by atoms with van der Waals surface area (Å²) in [5, 5.41) is 0. The number of pyridine rings is 1. The van der Waals surface area contributed by atoms with Crippen LogP contribution in [0.15, 0.2) is 24.5 Å². The van der Waals surface area contributed by atoms with Crippen LogP contribution in [0.4, 0.5) is 0 Å². The van der Waals surface area contributed by atoms with Crippen molar-refractivity contribution in [3.8, 4) is 0 Å². The van der Waals surface area contributed by atoms with Crippen molar-refractivity contribution in [1.82, 2.24) is 9.88 Å². The second-order valence-corrected chi connectivity index (χ2v) is 2.56. The zero-order valence-electron chi connectivity index (χ0n) is 7.73. The van der Waals surface area contributed by atoms with Gasteiger partial charge < -0.3 is 4.90 Å². The Hall–Kier alpha value is -1.09. The maximum Gasteiger partial charge on any atom is 0.253 e. The third kappa shape index (κ3) is 3.03. The van der Waals surface area contributed by atoms with Gasteiger partial charge in [0, 0.05) is 31.5 Å². The minimum Gasteiger partial charge on any atom is -0.342 e. The molecule has 0 aromatic carbocycles. The van der Waals surface area contributed by atoms with E-state index in [4.69, 9.17) is 0 Å². The molecule has 0 spiro atoms. The number of halogens is 1. The van der Waals surface area contributed by atoms with Crippen LogP contribution in [0.1, 0.15) is 17.3 Å². The van der Waals surface area contributed by atoms with Gasteiger partial charge in [0.1, 0.15) is 0 Å². The Morgan fingerprint density at radius 2 is 2.00 bits per heavy atom. The largest absolute Gasteiger partial charge is 0.342 e. The van der Waals surface area contributed by atoms with Gasteiger partial charge in [-0.05, 0) is 19.1 Å². The molecule has 1 aromatic rings. The Kier molecular flexibility index (Phi) is 5.07. The average molecular weight is 201 g/mol. The summed E-state index contributed by atoms with van der Waals surface area (Å²) in [4.78, 5) is 17.0.